The van der Waals surface area contributed by atoms with Gasteiger partial charge in [-0.1, -0.05) is 6.07 Å². The molecule has 27 heavy (non-hydrogen) atoms. The minimum Gasteiger partial charge on any atom is -0.371 e. The van der Waals surface area contributed by atoms with Crippen molar-refractivity contribution in [3.8, 4) is 0 Å². The summed E-state index contributed by atoms with van der Waals surface area (Å²) in [6.07, 6.45) is 4.89. The zero-order valence-corrected chi connectivity index (χ0v) is 16.5. The first-order valence-corrected chi connectivity index (χ1v) is 9.90. The third kappa shape index (κ3) is 3.31. The van der Waals surface area contributed by atoms with E-state index < -0.39 is 0 Å². The molecule has 3 unspecified atom stereocenters. The first-order valence-electron chi connectivity index (χ1n) is 9.90. The van der Waals surface area contributed by atoms with Crippen LogP contribution in [-0.4, -0.2) is 61.1 Å². The number of aryl methyl sites for hydroxylation is 1. The second kappa shape index (κ2) is 6.82. The molecule has 0 aromatic heterocycles. The highest BCUT2D eigenvalue weighted by molar-refractivity contribution is 5.97. The monoisotopic (exact) mass is 371 g/mol. The summed E-state index contributed by atoms with van der Waals surface area (Å²) in [5.74, 6) is 1.30. The van der Waals surface area contributed by atoms with Crippen LogP contribution in [0.4, 0.5) is 10.5 Å². The average molecular weight is 371 g/mol. The van der Waals surface area contributed by atoms with Gasteiger partial charge in [0.2, 0.25) is 0 Å². The summed E-state index contributed by atoms with van der Waals surface area (Å²) < 4.78 is 6.22. The number of urea groups is 1. The molecule has 3 atom stereocenters. The molecule has 3 fully saturated rings. The standard InChI is InChI=1S/C21H29N3O3/c1-14-4-6-16(19(25)23(2)3)11-18(14)22-20(26)24-8-9-27-21(13-24)12-15-5-7-17(21)10-15/h4,6,11,15,17H,5,7-10,12-13H2,1-3H3,(H,22,26). The lowest BCUT2D eigenvalue weighted by molar-refractivity contribution is -0.126. The number of nitrogens with one attached hydrogen (secondary N) is 1. The number of anilines is 1. The van der Waals surface area contributed by atoms with E-state index in [-0.39, 0.29) is 17.5 Å². The number of ether oxygens (including phenoxy) is 1. The van der Waals surface area contributed by atoms with Crippen LogP contribution in [0.1, 0.15) is 41.6 Å². The maximum absolute atomic E-state index is 12.9. The SMILES string of the molecule is Cc1ccc(C(=O)N(C)C)cc1NC(=O)N1CCOC2(CC3CCC2C3)C1. The Morgan fingerprint density at radius 1 is 1.30 bits per heavy atom. The van der Waals surface area contributed by atoms with Gasteiger partial charge in [0.1, 0.15) is 0 Å². The second-order valence-electron chi connectivity index (χ2n) is 8.57. The fourth-order valence-corrected chi connectivity index (χ4v) is 5.09. The second-order valence-corrected chi connectivity index (χ2v) is 8.57. The molecule has 6 heteroatoms. The molecule has 2 bridgehead atoms. The van der Waals surface area contributed by atoms with E-state index in [2.05, 4.69) is 5.32 Å². The number of amides is 3. The minimum atomic E-state index is -0.129. The van der Waals surface area contributed by atoms with Gasteiger partial charge in [-0.15, -0.1) is 0 Å². The predicted molar refractivity (Wildman–Crippen MR) is 104 cm³/mol. The molecule has 2 aliphatic carbocycles. The molecule has 2 saturated carbocycles. The van der Waals surface area contributed by atoms with Crippen LogP contribution in [0.15, 0.2) is 18.2 Å². The van der Waals surface area contributed by atoms with Crippen molar-refractivity contribution in [2.45, 2.75) is 38.2 Å². The summed E-state index contributed by atoms with van der Waals surface area (Å²) in [6, 6.07) is 5.34. The Labute approximate surface area is 160 Å². The van der Waals surface area contributed by atoms with Crippen molar-refractivity contribution in [3.05, 3.63) is 29.3 Å². The molecular weight excluding hydrogens is 342 g/mol. The van der Waals surface area contributed by atoms with E-state index >= 15 is 0 Å². The van der Waals surface area contributed by atoms with Crippen molar-refractivity contribution >= 4 is 17.6 Å². The molecule has 0 radical (unpaired) electrons. The first-order chi connectivity index (χ1) is 12.9. The van der Waals surface area contributed by atoms with Crippen LogP contribution in [0, 0.1) is 18.8 Å². The number of carbonyl (C=O) groups excluding carboxylic acids is 2. The maximum Gasteiger partial charge on any atom is 0.322 e. The molecule has 1 aliphatic heterocycles. The zero-order chi connectivity index (χ0) is 19.2. The van der Waals surface area contributed by atoms with Crippen LogP contribution in [0.5, 0.6) is 0 Å². The maximum atomic E-state index is 12.9. The van der Waals surface area contributed by atoms with Crippen LogP contribution in [-0.2, 0) is 4.74 Å². The Hall–Kier alpha value is -2.08. The van der Waals surface area contributed by atoms with Gasteiger partial charge in [-0.05, 0) is 62.1 Å². The Kier molecular flexibility index (Phi) is 4.62. The molecule has 1 heterocycles. The summed E-state index contributed by atoms with van der Waals surface area (Å²) in [5, 5.41) is 3.03. The summed E-state index contributed by atoms with van der Waals surface area (Å²) in [4.78, 5) is 28.6. The summed E-state index contributed by atoms with van der Waals surface area (Å²) >= 11 is 0. The van der Waals surface area contributed by atoms with Crippen LogP contribution >= 0.6 is 0 Å². The predicted octanol–water partition coefficient (Wildman–Crippen LogP) is 3.12. The van der Waals surface area contributed by atoms with Crippen molar-refractivity contribution < 1.29 is 14.3 Å². The van der Waals surface area contributed by atoms with Gasteiger partial charge in [-0.3, -0.25) is 4.79 Å². The highest BCUT2D eigenvalue weighted by atomic mass is 16.5. The number of nitrogens with zero attached hydrogens (tertiary/aromatic N) is 2. The van der Waals surface area contributed by atoms with Gasteiger partial charge < -0.3 is 19.9 Å². The highest BCUT2D eigenvalue weighted by Gasteiger charge is 2.54. The van der Waals surface area contributed by atoms with Gasteiger partial charge in [0.05, 0.1) is 18.8 Å². The topological polar surface area (TPSA) is 61.9 Å². The summed E-state index contributed by atoms with van der Waals surface area (Å²) in [7, 11) is 3.45. The number of fused-ring (bicyclic) bond motifs is 3. The molecule has 1 N–H and O–H groups in total. The number of carbonyl (C=O) groups is 2. The molecule has 1 aromatic rings. The largest absolute Gasteiger partial charge is 0.371 e. The normalized spacial score (nSPS) is 29.2. The number of benzene rings is 1. The molecule has 146 valence electrons. The average Bonchev–Trinajstić information content (AvgIpc) is 3.24. The Morgan fingerprint density at radius 2 is 2.11 bits per heavy atom. The van der Waals surface area contributed by atoms with E-state index in [1.165, 1.54) is 24.2 Å². The van der Waals surface area contributed by atoms with E-state index in [1.54, 1.807) is 26.2 Å². The van der Waals surface area contributed by atoms with Gasteiger partial charge in [0.15, 0.2) is 0 Å². The lowest BCUT2D eigenvalue weighted by atomic mass is 9.83. The molecule has 1 saturated heterocycles. The van der Waals surface area contributed by atoms with Gasteiger partial charge >= 0.3 is 6.03 Å². The van der Waals surface area contributed by atoms with Gasteiger partial charge in [0, 0.05) is 31.9 Å². The van der Waals surface area contributed by atoms with Crippen molar-refractivity contribution in [2.24, 2.45) is 11.8 Å². The molecular formula is C21H29N3O3. The first kappa shape index (κ1) is 18.3. The van der Waals surface area contributed by atoms with E-state index in [0.29, 0.717) is 36.9 Å². The molecule has 3 amide bonds. The van der Waals surface area contributed by atoms with E-state index in [9.17, 15) is 9.59 Å². The van der Waals surface area contributed by atoms with Crippen molar-refractivity contribution in [1.29, 1.82) is 0 Å². The lowest BCUT2D eigenvalue weighted by Gasteiger charge is -2.45. The summed E-state index contributed by atoms with van der Waals surface area (Å²) in [5.41, 5.74) is 2.09. The number of hydrogen-bond donors (Lipinski definition) is 1. The van der Waals surface area contributed by atoms with E-state index in [1.807, 2.05) is 17.9 Å². The quantitative estimate of drug-likeness (QED) is 0.869. The number of hydrogen-bond acceptors (Lipinski definition) is 3. The van der Waals surface area contributed by atoms with E-state index in [0.717, 1.165) is 17.9 Å². The number of morpholine rings is 1. The third-order valence-electron chi connectivity index (χ3n) is 6.55. The third-order valence-corrected chi connectivity index (χ3v) is 6.55. The van der Waals surface area contributed by atoms with Gasteiger partial charge in [-0.2, -0.15) is 0 Å². The minimum absolute atomic E-state index is 0.0715. The lowest BCUT2D eigenvalue weighted by Crippen LogP contribution is -2.57. The van der Waals surface area contributed by atoms with Crippen LogP contribution in [0.3, 0.4) is 0 Å². The van der Waals surface area contributed by atoms with E-state index in [4.69, 9.17) is 4.74 Å². The molecule has 4 rings (SSSR count). The smallest absolute Gasteiger partial charge is 0.322 e. The Balaban J connectivity index is 1.47. The molecule has 3 aliphatic rings. The van der Waals surface area contributed by atoms with Crippen LogP contribution < -0.4 is 5.32 Å². The van der Waals surface area contributed by atoms with Crippen molar-refractivity contribution in [2.75, 3.05) is 39.1 Å². The van der Waals surface area contributed by atoms with Crippen molar-refractivity contribution in [1.82, 2.24) is 9.80 Å². The van der Waals surface area contributed by atoms with Crippen LogP contribution in [0.25, 0.3) is 0 Å². The van der Waals surface area contributed by atoms with Gasteiger partial charge in [-0.25, -0.2) is 4.79 Å². The zero-order valence-electron chi connectivity index (χ0n) is 16.5. The summed E-state index contributed by atoms with van der Waals surface area (Å²) in [6.45, 7) is 3.83. The molecule has 6 nitrogen and oxygen atoms in total. The number of rotatable bonds is 2. The van der Waals surface area contributed by atoms with Crippen LogP contribution in [0.2, 0.25) is 0 Å². The molecule has 1 spiro atoms. The fourth-order valence-electron chi connectivity index (χ4n) is 5.09. The highest BCUT2D eigenvalue weighted by Crippen LogP contribution is 2.53. The van der Waals surface area contributed by atoms with Gasteiger partial charge in [0.25, 0.3) is 5.91 Å². The Morgan fingerprint density at radius 3 is 2.78 bits per heavy atom. The molecule has 1 aromatic carbocycles. The fraction of sp³-hybridized carbons (Fsp3) is 0.619. The van der Waals surface area contributed by atoms with Crippen molar-refractivity contribution in [3.63, 3.8) is 0 Å². The Bertz CT molecular complexity index is 763.